The molecule has 0 amide bonds. The quantitative estimate of drug-likeness (QED) is 0.352. The number of anilines is 1. The van der Waals surface area contributed by atoms with Crippen LogP contribution in [0.15, 0.2) is 53.6 Å². The average Bonchev–Trinajstić information content (AvgIpc) is 2.43. The van der Waals surface area contributed by atoms with Gasteiger partial charge in [-0.2, -0.15) is 5.10 Å². The van der Waals surface area contributed by atoms with Gasteiger partial charge in [-0.3, -0.25) is 5.43 Å². The van der Waals surface area contributed by atoms with E-state index in [1.165, 1.54) is 0 Å². The number of halogens is 1. The monoisotopic (exact) mass is 304 g/mol. The van der Waals surface area contributed by atoms with E-state index >= 15 is 0 Å². The summed E-state index contributed by atoms with van der Waals surface area (Å²) in [4.78, 5) is 0. The van der Waals surface area contributed by atoms with Gasteiger partial charge in [-0.05, 0) is 30.4 Å². The minimum atomic E-state index is 0.0824. The van der Waals surface area contributed by atoms with Gasteiger partial charge in [0.1, 0.15) is 0 Å². The molecule has 2 aromatic rings. The van der Waals surface area contributed by atoms with E-state index in [2.05, 4.69) is 10.5 Å². The van der Waals surface area contributed by atoms with Crippen LogP contribution in [-0.4, -0.2) is 10.8 Å². The van der Waals surface area contributed by atoms with Crippen LogP contribution in [0.25, 0.3) is 0 Å². The molecule has 20 heavy (non-hydrogen) atoms. The minimum Gasteiger partial charge on any atom is -0.398 e. The van der Waals surface area contributed by atoms with Crippen LogP contribution < -0.4 is 16.9 Å². The number of nitrogen functional groups attached to an aromatic ring is 1. The van der Waals surface area contributed by atoms with Gasteiger partial charge in [0.25, 0.3) is 0 Å². The van der Waals surface area contributed by atoms with Crippen LogP contribution in [-0.2, 0) is 0 Å². The minimum absolute atomic E-state index is 0.0824. The van der Waals surface area contributed by atoms with Crippen LogP contribution in [0.5, 0.6) is 0 Å². The first-order chi connectivity index (χ1) is 9.58. The molecule has 0 saturated heterocycles. The normalized spacial score (nSPS) is 11.2. The lowest BCUT2D eigenvalue weighted by atomic mass is 10.0. The highest BCUT2D eigenvalue weighted by atomic mass is 35.5. The maximum absolute atomic E-state index is 6.03. The lowest BCUT2D eigenvalue weighted by Gasteiger charge is -2.10. The largest absolute Gasteiger partial charge is 0.398 e. The summed E-state index contributed by atoms with van der Waals surface area (Å²) in [6.07, 6.45) is 0. The van der Waals surface area contributed by atoms with Crippen molar-refractivity contribution in [2.24, 2.45) is 10.8 Å². The summed E-state index contributed by atoms with van der Waals surface area (Å²) in [6.45, 7) is 0. The van der Waals surface area contributed by atoms with E-state index in [4.69, 9.17) is 35.3 Å². The Kier molecular flexibility index (Phi) is 4.55. The Balaban J connectivity index is 2.55. The van der Waals surface area contributed by atoms with Gasteiger partial charge in [0.2, 0.25) is 0 Å². The summed E-state index contributed by atoms with van der Waals surface area (Å²) in [7, 11) is 0. The number of hydrogen-bond acceptors (Lipinski definition) is 3. The Labute approximate surface area is 127 Å². The first kappa shape index (κ1) is 14.3. The topological polar surface area (TPSA) is 76.4 Å². The average molecular weight is 305 g/mol. The molecule has 0 aliphatic rings. The molecular weight excluding hydrogens is 292 g/mol. The summed E-state index contributed by atoms with van der Waals surface area (Å²) >= 11 is 10.8. The van der Waals surface area contributed by atoms with Gasteiger partial charge >= 0.3 is 0 Å². The molecule has 0 bridgehead atoms. The maximum atomic E-state index is 6.03. The van der Waals surface area contributed by atoms with Crippen LogP contribution in [0.3, 0.4) is 0 Å². The standard InChI is InChI=1S/C14H13ClN4S/c15-10-6-7-12(16)11(8-10)13(18-19-14(17)20)9-4-2-1-3-5-9/h1-8H,16H2,(H3,17,19,20). The fraction of sp³-hybridized carbons (Fsp3) is 0. The molecule has 2 rings (SSSR count). The molecule has 0 fully saturated rings. The number of nitrogens with two attached hydrogens (primary N) is 2. The first-order valence-electron chi connectivity index (χ1n) is 5.82. The van der Waals surface area contributed by atoms with E-state index in [0.29, 0.717) is 22.0 Å². The lowest BCUT2D eigenvalue weighted by Crippen LogP contribution is -2.26. The van der Waals surface area contributed by atoms with Crippen molar-refractivity contribution in [3.63, 3.8) is 0 Å². The number of nitrogens with one attached hydrogen (secondary N) is 1. The van der Waals surface area contributed by atoms with Crippen LogP contribution in [0.2, 0.25) is 5.02 Å². The van der Waals surface area contributed by atoms with Gasteiger partial charge in [-0.25, -0.2) is 0 Å². The molecule has 0 radical (unpaired) electrons. The molecule has 6 heteroatoms. The molecule has 5 N–H and O–H groups in total. The Morgan fingerprint density at radius 1 is 1.15 bits per heavy atom. The number of nitrogens with zero attached hydrogens (tertiary/aromatic N) is 1. The van der Waals surface area contributed by atoms with Crippen molar-refractivity contribution >= 4 is 40.3 Å². The maximum Gasteiger partial charge on any atom is 0.184 e. The van der Waals surface area contributed by atoms with Crippen molar-refractivity contribution in [2.75, 3.05) is 5.73 Å². The van der Waals surface area contributed by atoms with E-state index in [1.54, 1.807) is 18.2 Å². The third-order valence-corrected chi connectivity index (χ3v) is 2.92. The van der Waals surface area contributed by atoms with E-state index in [1.807, 2.05) is 30.3 Å². The second-order valence-corrected chi connectivity index (χ2v) is 4.91. The van der Waals surface area contributed by atoms with Crippen LogP contribution >= 0.6 is 23.8 Å². The Bertz CT molecular complexity index is 655. The first-order valence-corrected chi connectivity index (χ1v) is 6.60. The molecule has 4 nitrogen and oxygen atoms in total. The van der Waals surface area contributed by atoms with Gasteiger partial charge < -0.3 is 11.5 Å². The highest BCUT2D eigenvalue weighted by molar-refractivity contribution is 7.80. The predicted molar refractivity (Wildman–Crippen MR) is 87.9 cm³/mol. The molecule has 0 aromatic heterocycles. The lowest BCUT2D eigenvalue weighted by molar-refractivity contribution is 1.03. The number of benzene rings is 2. The Morgan fingerprint density at radius 2 is 1.85 bits per heavy atom. The number of rotatable bonds is 3. The van der Waals surface area contributed by atoms with Crippen molar-refractivity contribution in [3.8, 4) is 0 Å². The van der Waals surface area contributed by atoms with Gasteiger partial charge in [-0.1, -0.05) is 41.9 Å². The summed E-state index contributed by atoms with van der Waals surface area (Å²) in [5.74, 6) is 0. The zero-order chi connectivity index (χ0) is 14.5. The summed E-state index contributed by atoms with van der Waals surface area (Å²) in [5.41, 5.74) is 16.8. The third-order valence-electron chi connectivity index (χ3n) is 2.60. The highest BCUT2D eigenvalue weighted by Crippen LogP contribution is 2.21. The zero-order valence-electron chi connectivity index (χ0n) is 10.5. The van der Waals surface area contributed by atoms with Crippen molar-refractivity contribution in [2.45, 2.75) is 0 Å². The Hall–Kier alpha value is -2.11. The van der Waals surface area contributed by atoms with Crippen LogP contribution in [0.4, 0.5) is 5.69 Å². The van der Waals surface area contributed by atoms with E-state index in [0.717, 1.165) is 5.56 Å². The smallest absolute Gasteiger partial charge is 0.184 e. The molecule has 102 valence electrons. The second kappa shape index (κ2) is 6.36. The molecular formula is C14H13ClN4S. The van der Waals surface area contributed by atoms with Crippen molar-refractivity contribution in [1.82, 2.24) is 5.43 Å². The van der Waals surface area contributed by atoms with Crippen LogP contribution in [0, 0.1) is 0 Å². The molecule has 0 atom stereocenters. The molecule has 0 saturated carbocycles. The van der Waals surface area contributed by atoms with Gasteiger partial charge in [0, 0.05) is 21.8 Å². The van der Waals surface area contributed by atoms with Crippen LogP contribution in [0.1, 0.15) is 11.1 Å². The van der Waals surface area contributed by atoms with Crippen molar-refractivity contribution < 1.29 is 0 Å². The highest BCUT2D eigenvalue weighted by Gasteiger charge is 2.11. The summed E-state index contributed by atoms with van der Waals surface area (Å²) in [6, 6.07) is 14.8. The van der Waals surface area contributed by atoms with Gasteiger partial charge in [0.05, 0.1) is 5.71 Å². The second-order valence-electron chi connectivity index (χ2n) is 4.03. The third kappa shape index (κ3) is 3.46. The van der Waals surface area contributed by atoms with E-state index in [-0.39, 0.29) is 5.11 Å². The fourth-order valence-corrected chi connectivity index (χ4v) is 1.94. The SMILES string of the molecule is NC(=S)NN=C(c1ccccc1)c1cc(Cl)ccc1N. The molecule has 2 aromatic carbocycles. The molecule has 0 spiro atoms. The predicted octanol–water partition coefficient (Wildman–Crippen LogP) is 2.51. The summed E-state index contributed by atoms with van der Waals surface area (Å²) < 4.78 is 0. The Morgan fingerprint density at radius 3 is 2.50 bits per heavy atom. The zero-order valence-corrected chi connectivity index (χ0v) is 12.1. The number of hydrogen-bond donors (Lipinski definition) is 3. The molecule has 0 unspecified atom stereocenters. The number of thiocarbonyl (C=S) groups is 1. The van der Waals surface area contributed by atoms with E-state index < -0.39 is 0 Å². The number of hydrazone groups is 1. The molecule has 0 aliphatic heterocycles. The fourth-order valence-electron chi connectivity index (χ4n) is 1.72. The van der Waals surface area contributed by atoms with Gasteiger partial charge in [-0.15, -0.1) is 0 Å². The van der Waals surface area contributed by atoms with Crippen molar-refractivity contribution in [1.29, 1.82) is 0 Å². The molecule has 0 aliphatic carbocycles. The van der Waals surface area contributed by atoms with Crippen molar-refractivity contribution in [3.05, 3.63) is 64.7 Å². The molecule has 0 heterocycles. The summed E-state index contributed by atoms with van der Waals surface area (Å²) in [5, 5.41) is 4.89. The van der Waals surface area contributed by atoms with E-state index in [9.17, 15) is 0 Å². The van der Waals surface area contributed by atoms with Gasteiger partial charge in [0.15, 0.2) is 5.11 Å².